The number of rotatable bonds is 4. The van der Waals surface area contributed by atoms with Gasteiger partial charge in [0.1, 0.15) is 16.9 Å². The summed E-state index contributed by atoms with van der Waals surface area (Å²) < 4.78 is 11.4. The van der Waals surface area contributed by atoms with Crippen molar-refractivity contribution in [2.45, 2.75) is 6.42 Å². The zero-order valence-electron chi connectivity index (χ0n) is 16.4. The van der Waals surface area contributed by atoms with Gasteiger partial charge in [-0.2, -0.15) is 0 Å². The number of fused-ring (bicyclic) bond motifs is 3. The Morgan fingerprint density at radius 1 is 1.03 bits per heavy atom. The van der Waals surface area contributed by atoms with Gasteiger partial charge in [0.25, 0.3) is 0 Å². The molecule has 0 saturated carbocycles. The van der Waals surface area contributed by atoms with Gasteiger partial charge in [-0.25, -0.2) is 0 Å². The monoisotopic (exact) mass is 400 g/mol. The van der Waals surface area contributed by atoms with E-state index >= 15 is 0 Å². The number of hydrogen-bond acceptors (Lipinski definition) is 4. The third kappa shape index (κ3) is 3.06. The Bertz CT molecular complexity index is 1260. The highest BCUT2D eigenvalue weighted by atomic mass is 16.5. The van der Waals surface area contributed by atoms with Gasteiger partial charge in [0.15, 0.2) is 0 Å². The molecule has 0 spiro atoms. The summed E-state index contributed by atoms with van der Waals surface area (Å²) in [4.78, 5) is 27.0. The molecule has 3 aromatic carbocycles. The molecule has 6 nitrogen and oxygen atoms in total. The predicted octanol–water partition coefficient (Wildman–Crippen LogP) is 4.59. The quantitative estimate of drug-likeness (QED) is 0.544. The Labute approximate surface area is 173 Å². The average molecular weight is 400 g/mol. The van der Waals surface area contributed by atoms with Gasteiger partial charge in [0, 0.05) is 35.5 Å². The summed E-state index contributed by atoms with van der Waals surface area (Å²) in [5.41, 5.74) is 2.78. The minimum Gasteiger partial charge on any atom is -0.495 e. The molecule has 4 aromatic rings. The molecule has 0 aliphatic carbocycles. The topological polar surface area (TPSA) is 71.8 Å². The number of benzene rings is 3. The van der Waals surface area contributed by atoms with Crippen LogP contribution < -0.4 is 15.0 Å². The van der Waals surface area contributed by atoms with Crippen molar-refractivity contribution in [2.24, 2.45) is 5.92 Å². The van der Waals surface area contributed by atoms with Crippen molar-refractivity contribution in [3.63, 3.8) is 0 Å². The smallest absolute Gasteiger partial charge is 0.229 e. The highest BCUT2D eigenvalue weighted by molar-refractivity contribution is 6.09. The van der Waals surface area contributed by atoms with Crippen LogP contribution in [-0.4, -0.2) is 25.5 Å². The molecule has 5 rings (SSSR count). The van der Waals surface area contributed by atoms with E-state index in [-0.39, 0.29) is 18.2 Å². The van der Waals surface area contributed by atoms with Crippen molar-refractivity contribution in [1.82, 2.24) is 0 Å². The van der Waals surface area contributed by atoms with Crippen LogP contribution in [0.25, 0.3) is 21.9 Å². The molecule has 1 aromatic heterocycles. The van der Waals surface area contributed by atoms with Crippen molar-refractivity contribution in [1.29, 1.82) is 0 Å². The molecular weight excluding hydrogens is 380 g/mol. The number of nitrogens with one attached hydrogen (secondary N) is 1. The molecule has 1 aliphatic heterocycles. The summed E-state index contributed by atoms with van der Waals surface area (Å²) in [6.45, 7) is 0.351. The molecule has 0 bridgehead atoms. The molecule has 1 N–H and O–H groups in total. The summed E-state index contributed by atoms with van der Waals surface area (Å²) in [6, 6.07) is 20.8. The van der Waals surface area contributed by atoms with E-state index in [1.807, 2.05) is 60.7 Å². The van der Waals surface area contributed by atoms with Crippen molar-refractivity contribution < 1.29 is 18.7 Å². The van der Waals surface area contributed by atoms with Gasteiger partial charge in [0.05, 0.1) is 18.7 Å². The van der Waals surface area contributed by atoms with E-state index in [0.717, 1.165) is 22.0 Å². The Kier molecular flexibility index (Phi) is 4.39. The maximum atomic E-state index is 12.9. The van der Waals surface area contributed by atoms with Crippen molar-refractivity contribution in [2.75, 3.05) is 23.9 Å². The number of carbonyl (C=O) groups excluding carboxylic acids is 2. The normalized spacial score (nSPS) is 16.4. The lowest BCUT2D eigenvalue weighted by Gasteiger charge is -2.17. The SMILES string of the molecule is COc1cc2c(cc1NC(=O)C1CC(=O)N(c3ccccc3)C1)oc1ccccc12. The van der Waals surface area contributed by atoms with Crippen LogP contribution >= 0.6 is 0 Å². The maximum Gasteiger partial charge on any atom is 0.229 e. The lowest BCUT2D eigenvalue weighted by molar-refractivity contribution is -0.122. The second-order valence-corrected chi connectivity index (χ2v) is 7.38. The first-order valence-corrected chi connectivity index (χ1v) is 9.79. The van der Waals surface area contributed by atoms with Crippen LogP contribution in [0.5, 0.6) is 5.75 Å². The molecule has 1 unspecified atom stereocenters. The second-order valence-electron chi connectivity index (χ2n) is 7.38. The number of ether oxygens (including phenoxy) is 1. The van der Waals surface area contributed by atoms with Gasteiger partial charge < -0.3 is 19.4 Å². The Hall–Kier alpha value is -3.80. The predicted molar refractivity (Wildman–Crippen MR) is 116 cm³/mol. The molecule has 1 saturated heterocycles. The average Bonchev–Trinajstić information content (AvgIpc) is 3.33. The molecule has 2 heterocycles. The second kappa shape index (κ2) is 7.22. The third-order valence-corrected chi connectivity index (χ3v) is 5.52. The fraction of sp³-hybridized carbons (Fsp3) is 0.167. The van der Waals surface area contributed by atoms with E-state index in [4.69, 9.17) is 9.15 Å². The van der Waals surface area contributed by atoms with Gasteiger partial charge in [-0.1, -0.05) is 36.4 Å². The van der Waals surface area contributed by atoms with Crippen LogP contribution in [0.2, 0.25) is 0 Å². The van der Waals surface area contributed by atoms with Crippen LogP contribution in [0.1, 0.15) is 6.42 Å². The molecule has 1 aliphatic rings. The maximum absolute atomic E-state index is 12.9. The van der Waals surface area contributed by atoms with Crippen molar-refractivity contribution in [3.05, 3.63) is 66.7 Å². The number of nitrogens with zero attached hydrogens (tertiary/aromatic N) is 1. The van der Waals surface area contributed by atoms with Gasteiger partial charge >= 0.3 is 0 Å². The number of amides is 2. The summed E-state index contributed by atoms with van der Waals surface area (Å²) >= 11 is 0. The largest absolute Gasteiger partial charge is 0.495 e. The first kappa shape index (κ1) is 18.2. The minimum absolute atomic E-state index is 0.0546. The van der Waals surface area contributed by atoms with E-state index in [1.165, 1.54) is 0 Å². The molecule has 30 heavy (non-hydrogen) atoms. The summed E-state index contributed by atoms with van der Waals surface area (Å²) in [5.74, 6) is -0.156. The van der Waals surface area contributed by atoms with E-state index < -0.39 is 5.92 Å². The minimum atomic E-state index is -0.436. The highest BCUT2D eigenvalue weighted by Gasteiger charge is 2.35. The van der Waals surface area contributed by atoms with Crippen molar-refractivity contribution in [3.8, 4) is 5.75 Å². The van der Waals surface area contributed by atoms with Crippen LogP contribution in [0.3, 0.4) is 0 Å². The molecule has 1 fully saturated rings. The molecule has 150 valence electrons. The lowest BCUT2D eigenvalue weighted by atomic mass is 10.1. The Morgan fingerprint density at radius 2 is 1.80 bits per heavy atom. The first-order valence-electron chi connectivity index (χ1n) is 9.79. The standard InChI is InChI=1S/C24H20N2O4/c1-29-22-12-18-17-9-5-6-10-20(17)30-21(18)13-19(22)25-24(28)15-11-23(27)26(14-15)16-7-3-2-4-8-16/h2-10,12-13,15H,11,14H2,1H3,(H,25,28). The number of methoxy groups -OCH3 is 1. The van der Waals surface area contributed by atoms with Crippen LogP contribution in [0.4, 0.5) is 11.4 Å². The first-order chi connectivity index (χ1) is 14.6. The number of para-hydroxylation sites is 2. The number of furan rings is 1. The van der Waals surface area contributed by atoms with Crippen molar-refractivity contribution >= 4 is 45.1 Å². The van der Waals surface area contributed by atoms with Gasteiger partial charge in [-0.3, -0.25) is 9.59 Å². The van der Waals surface area contributed by atoms with E-state index in [1.54, 1.807) is 18.1 Å². The fourth-order valence-electron chi connectivity index (χ4n) is 3.99. The number of hydrogen-bond donors (Lipinski definition) is 1. The molecule has 2 amide bonds. The Balaban J connectivity index is 1.42. The molecule has 0 radical (unpaired) electrons. The van der Waals surface area contributed by atoms with Crippen LogP contribution in [0.15, 0.2) is 71.1 Å². The fourth-order valence-corrected chi connectivity index (χ4v) is 3.99. The zero-order valence-corrected chi connectivity index (χ0v) is 16.4. The van der Waals surface area contributed by atoms with Gasteiger partial charge in [-0.15, -0.1) is 0 Å². The molecule has 6 heteroatoms. The summed E-state index contributed by atoms with van der Waals surface area (Å²) in [5, 5.41) is 4.84. The van der Waals surface area contributed by atoms with E-state index in [2.05, 4.69) is 5.32 Å². The zero-order chi connectivity index (χ0) is 20.7. The van der Waals surface area contributed by atoms with Gasteiger partial charge in [-0.05, 0) is 24.3 Å². The van der Waals surface area contributed by atoms with Gasteiger partial charge in [0.2, 0.25) is 11.8 Å². The van der Waals surface area contributed by atoms with E-state index in [9.17, 15) is 9.59 Å². The number of carbonyl (C=O) groups is 2. The molecular formula is C24H20N2O4. The van der Waals surface area contributed by atoms with Crippen LogP contribution in [-0.2, 0) is 9.59 Å². The Morgan fingerprint density at radius 3 is 2.60 bits per heavy atom. The summed E-state index contributed by atoms with van der Waals surface area (Å²) in [7, 11) is 1.56. The lowest BCUT2D eigenvalue weighted by Crippen LogP contribution is -2.28. The van der Waals surface area contributed by atoms with E-state index in [0.29, 0.717) is 23.6 Å². The summed E-state index contributed by atoms with van der Waals surface area (Å²) in [6.07, 6.45) is 0.177. The van der Waals surface area contributed by atoms with Crippen LogP contribution in [0, 0.1) is 5.92 Å². The molecule has 1 atom stereocenters. The highest BCUT2D eigenvalue weighted by Crippen LogP contribution is 2.37. The number of anilines is 2. The third-order valence-electron chi connectivity index (χ3n) is 5.52.